The van der Waals surface area contributed by atoms with Gasteiger partial charge in [-0.1, -0.05) is 20.3 Å². The zero-order valence-corrected chi connectivity index (χ0v) is 11.4. The van der Waals surface area contributed by atoms with Crippen molar-refractivity contribution in [2.75, 3.05) is 18.1 Å². The van der Waals surface area contributed by atoms with Crippen molar-refractivity contribution in [2.45, 2.75) is 45.1 Å². The van der Waals surface area contributed by atoms with Gasteiger partial charge in [-0.25, -0.2) is 9.97 Å². The predicted octanol–water partition coefficient (Wildman–Crippen LogP) is 3.28. The van der Waals surface area contributed by atoms with Gasteiger partial charge in [-0.3, -0.25) is 0 Å². The van der Waals surface area contributed by atoms with Crippen molar-refractivity contribution in [3.63, 3.8) is 0 Å². The Morgan fingerprint density at radius 2 is 2.00 bits per heavy atom. The van der Waals surface area contributed by atoms with E-state index >= 15 is 0 Å². The van der Waals surface area contributed by atoms with Gasteiger partial charge in [0, 0.05) is 19.0 Å². The van der Waals surface area contributed by atoms with Gasteiger partial charge in [-0.2, -0.15) is 0 Å². The minimum absolute atomic E-state index is 0.885. The Morgan fingerprint density at radius 3 is 2.56 bits per heavy atom. The van der Waals surface area contributed by atoms with Crippen LogP contribution in [0.15, 0.2) is 5.03 Å². The Kier molecular flexibility index (Phi) is 5.60. The molecule has 0 unspecified atom stereocenters. The van der Waals surface area contributed by atoms with Crippen LogP contribution in [0.25, 0.3) is 0 Å². The first-order valence-electron chi connectivity index (χ1n) is 5.90. The van der Waals surface area contributed by atoms with E-state index in [1.165, 1.54) is 18.4 Å². The summed E-state index contributed by atoms with van der Waals surface area (Å²) in [5.74, 6) is 3.03. The summed E-state index contributed by atoms with van der Waals surface area (Å²) in [6, 6.07) is 0. The van der Waals surface area contributed by atoms with Crippen LogP contribution in [0.1, 0.15) is 38.1 Å². The first-order valence-corrected chi connectivity index (χ1v) is 6.89. The fourth-order valence-electron chi connectivity index (χ4n) is 1.40. The molecule has 3 nitrogen and oxygen atoms in total. The third-order valence-corrected chi connectivity index (χ3v) is 3.60. The molecule has 1 rings (SSSR count). The van der Waals surface area contributed by atoms with E-state index in [1.807, 2.05) is 18.8 Å². The minimum atomic E-state index is 0.885. The monoisotopic (exact) mass is 239 g/mol. The number of hydrogen-bond acceptors (Lipinski definition) is 4. The first-order chi connectivity index (χ1) is 7.72. The van der Waals surface area contributed by atoms with Gasteiger partial charge in [0.1, 0.15) is 16.7 Å². The number of anilines is 1. The molecular formula is C12H21N3S. The average Bonchev–Trinajstić information content (AvgIpc) is 2.31. The SMILES string of the molecule is CCCCSc1nc(CC)nc(NC)c1C. The van der Waals surface area contributed by atoms with E-state index in [-0.39, 0.29) is 0 Å². The second kappa shape index (κ2) is 6.74. The van der Waals surface area contributed by atoms with E-state index in [1.54, 1.807) is 0 Å². The first kappa shape index (κ1) is 13.3. The second-order valence-electron chi connectivity index (χ2n) is 3.72. The number of aryl methyl sites for hydroxylation is 1. The lowest BCUT2D eigenvalue weighted by atomic mass is 10.3. The van der Waals surface area contributed by atoms with Gasteiger partial charge in [0.15, 0.2) is 0 Å². The quantitative estimate of drug-likeness (QED) is 0.469. The number of unbranched alkanes of at least 4 members (excludes halogenated alkanes) is 1. The molecule has 90 valence electrons. The van der Waals surface area contributed by atoms with Crippen LogP contribution < -0.4 is 5.32 Å². The number of aromatic nitrogens is 2. The average molecular weight is 239 g/mol. The summed E-state index contributed by atoms with van der Waals surface area (Å²) in [5, 5.41) is 4.27. The number of hydrogen-bond donors (Lipinski definition) is 1. The van der Waals surface area contributed by atoms with Crippen molar-refractivity contribution in [1.29, 1.82) is 0 Å². The normalized spacial score (nSPS) is 10.5. The van der Waals surface area contributed by atoms with Gasteiger partial charge in [0.05, 0.1) is 0 Å². The van der Waals surface area contributed by atoms with Crippen LogP contribution in [-0.2, 0) is 6.42 Å². The molecule has 0 bridgehead atoms. The van der Waals surface area contributed by atoms with Gasteiger partial charge in [-0.15, -0.1) is 11.8 Å². The third-order valence-electron chi connectivity index (χ3n) is 2.44. The largest absolute Gasteiger partial charge is 0.373 e. The molecule has 0 saturated heterocycles. The van der Waals surface area contributed by atoms with E-state index in [9.17, 15) is 0 Å². The zero-order valence-electron chi connectivity index (χ0n) is 10.6. The molecule has 0 spiro atoms. The maximum absolute atomic E-state index is 4.58. The van der Waals surface area contributed by atoms with Crippen molar-refractivity contribution < 1.29 is 0 Å². The van der Waals surface area contributed by atoms with Crippen molar-refractivity contribution in [3.8, 4) is 0 Å². The van der Waals surface area contributed by atoms with Crippen LogP contribution in [0.3, 0.4) is 0 Å². The smallest absolute Gasteiger partial charge is 0.133 e. The van der Waals surface area contributed by atoms with Crippen molar-refractivity contribution >= 4 is 17.6 Å². The number of nitrogens with zero attached hydrogens (tertiary/aromatic N) is 2. The van der Waals surface area contributed by atoms with Gasteiger partial charge < -0.3 is 5.32 Å². The molecule has 0 aliphatic heterocycles. The zero-order chi connectivity index (χ0) is 12.0. The van der Waals surface area contributed by atoms with Gasteiger partial charge in [0.2, 0.25) is 0 Å². The highest BCUT2D eigenvalue weighted by molar-refractivity contribution is 7.99. The summed E-state index contributed by atoms with van der Waals surface area (Å²) in [4.78, 5) is 9.05. The van der Waals surface area contributed by atoms with Crippen LogP contribution in [0.5, 0.6) is 0 Å². The van der Waals surface area contributed by atoms with Crippen molar-refractivity contribution in [3.05, 3.63) is 11.4 Å². The summed E-state index contributed by atoms with van der Waals surface area (Å²) in [5.41, 5.74) is 1.17. The lowest BCUT2D eigenvalue weighted by Gasteiger charge is -2.10. The van der Waals surface area contributed by atoms with E-state index in [0.29, 0.717) is 0 Å². The molecule has 1 N–H and O–H groups in total. The highest BCUT2D eigenvalue weighted by atomic mass is 32.2. The van der Waals surface area contributed by atoms with Crippen molar-refractivity contribution in [2.24, 2.45) is 0 Å². The molecule has 0 atom stereocenters. The molecular weight excluding hydrogens is 218 g/mol. The molecule has 0 saturated carbocycles. The summed E-state index contributed by atoms with van der Waals surface area (Å²) in [6.07, 6.45) is 3.36. The van der Waals surface area contributed by atoms with E-state index in [2.05, 4.69) is 36.1 Å². The van der Waals surface area contributed by atoms with Crippen LogP contribution >= 0.6 is 11.8 Å². The number of nitrogens with one attached hydrogen (secondary N) is 1. The highest BCUT2D eigenvalue weighted by Gasteiger charge is 2.09. The summed E-state index contributed by atoms with van der Waals surface area (Å²) in [7, 11) is 1.91. The fraction of sp³-hybridized carbons (Fsp3) is 0.667. The molecule has 0 aromatic carbocycles. The van der Waals surface area contributed by atoms with E-state index in [0.717, 1.165) is 28.8 Å². The molecule has 0 aliphatic rings. The molecule has 0 radical (unpaired) electrons. The topological polar surface area (TPSA) is 37.8 Å². The van der Waals surface area contributed by atoms with E-state index < -0.39 is 0 Å². The summed E-state index contributed by atoms with van der Waals surface area (Å²) < 4.78 is 0. The molecule has 16 heavy (non-hydrogen) atoms. The number of rotatable bonds is 6. The lowest BCUT2D eigenvalue weighted by Crippen LogP contribution is -2.04. The van der Waals surface area contributed by atoms with Crippen LogP contribution in [-0.4, -0.2) is 22.8 Å². The summed E-state index contributed by atoms with van der Waals surface area (Å²) >= 11 is 1.84. The molecule has 0 aliphatic carbocycles. The molecule has 0 amide bonds. The molecule has 4 heteroatoms. The number of thioether (sulfide) groups is 1. The van der Waals surface area contributed by atoms with E-state index in [4.69, 9.17) is 0 Å². The maximum Gasteiger partial charge on any atom is 0.133 e. The molecule has 1 heterocycles. The van der Waals surface area contributed by atoms with Crippen molar-refractivity contribution in [1.82, 2.24) is 9.97 Å². The summed E-state index contributed by atoms with van der Waals surface area (Å²) in [6.45, 7) is 6.38. The third kappa shape index (κ3) is 3.37. The predicted molar refractivity (Wildman–Crippen MR) is 71.3 cm³/mol. The molecule has 1 aromatic rings. The van der Waals surface area contributed by atoms with Gasteiger partial charge in [-0.05, 0) is 19.1 Å². The van der Waals surface area contributed by atoms with Crippen LogP contribution in [0, 0.1) is 6.92 Å². The fourth-order valence-corrected chi connectivity index (χ4v) is 2.50. The minimum Gasteiger partial charge on any atom is -0.373 e. The Morgan fingerprint density at radius 1 is 1.25 bits per heavy atom. The maximum atomic E-state index is 4.58. The van der Waals surface area contributed by atoms with Crippen LogP contribution in [0.2, 0.25) is 0 Å². The van der Waals surface area contributed by atoms with Crippen LogP contribution in [0.4, 0.5) is 5.82 Å². The molecule has 0 fully saturated rings. The second-order valence-corrected chi connectivity index (χ2v) is 4.81. The van der Waals surface area contributed by atoms with Gasteiger partial charge in [0.25, 0.3) is 0 Å². The highest BCUT2D eigenvalue weighted by Crippen LogP contribution is 2.25. The standard InChI is InChI=1S/C12H21N3S/c1-5-7-8-16-12-9(3)11(13-4)14-10(6-2)15-12/h5-8H2,1-4H3,(H,13,14,15). The Hall–Kier alpha value is -0.770. The van der Waals surface area contributed by atoms with Gasteiger partial charge >= 0.3 is 0 Å². The Balaban J connectivity index is 2.88. The lowest BCUT2D eigenvalue weighted by molar-refractivity contribution is 0.866. The Labute approximate surface area is 102 Å². The Bertz CT molecular complexity index is 339. The molecule has 1 aromatic heterocycles.